The summed E-state index contributed by atoms with van der Waals surface area (Å²) in [6, 6.07) is 26.9. The molecule has 1 saturated carbocycles. The number of ether oxygens (including phenoxy) is 2. The topological polar surface area (TPSA) is 35.5 Å². The van der Waals surface area contributed by atoms with E-state index >= 15 is 0 Å². The Morgan fingerprint density at radius 3 is 2.16 bits per heavy atom. The van der Waals surface area contributed by atoms with Crippen LogP contribution in [0.3, 0.4) is 0 Å². The van der Waals surface area contributed by atoms with Gasteiger partial charge in [-0.25, -0.2) is 0 Å². The molecule has 1 aliphatic heterocycles. The summed E-state index contributed by atoms with van der Waals surface area (Å²) >= 11 is 8.17. The third-order valence-corrected chi connectivity index (χ3v) is 9.00. The summed E-state index contributed by atoms with van der Waals surface area (Å²) < 4.78 is 13.6. The molecular weight excluding hydrogens is 500 g/mol. The molecule has 1 saturated heterocycles. The smallest absolute Gasteiger partial charge is 0.170 e. The molecule has 0 N–H and O–H groups in total. The summed E-state index contributed by atoms with van der Waals surface area (Å²) in [5.74, 6) is -0.126. The standard InChI is InChI=1S/C32H35ClO3S/c1-3-10-28(34)26(25-15-16-29(37-2)27(33)20-25)19-22-17-18-32(21-22)35-30(23-11-6-4-7-12-23)31(36-32)24-13-8-5-9-14-24/h4-9,11-16,20,22,26,30-31H,3,10,17-19,21H2,1-2H3/t22?,26?,30-,31?,32?/m1/s1. The van der Waals surface area contributed by atoms with Gasteiger partial charge in [0, 0.05) is 30.1 Å². The molecule has 0 bridgehead atoms. The van der Waals surface area contributed by atoms with Crippen molar-refractivity contribution >= 4 is 29.1 Å². The van der Waals surface area contributed by atoms with E-state index in [-0.39, 0.29) is 18.1 Å². The maximum Gasteiger partial charge on any atom is 0.170 e. The highest BCUT2D eigenvalue weighted by atomic mass is 35.5. The molecule has 3 aromatic rings. The zero-order valence-corrected chi connectivity index (χ0v) is 23.1. The van der Waals surface area contributed by atoms with Gasteiger partial charge in [0.1, 0.15) is 18.0 Å². The van der Waals surface area contributed by atoms with Crippen molar-refractivity contribution in [1.29, 1.82) is 0 Å². The molecule has 0 radical (unpaired) electrons. The Morgan fingerprint density at radius 2 is 1.62 bits per heavy atom. The lowest BCUT2D eigenvalue weighted by atomic mass is 9.83. The Bertz CT molecular complexity index is 1150. The number of Topliss-reactive ketones (excluding diaryl/α,β-unsaturated/α-hetero) is 1. The van der Waals surface area contributed by atoms with Crippen LogP contribution in [-0.4, -0.2) is 17.8 Å². The number of carbonyl (C=O) groups is 1. The predicted molar refractivity (Wildman–Crippen MR) is 151 cm³/mol. The van der Waals surface area contributed by atoms with Gasteiger partial charge < -0.3 is 9.47 Å². The lowest BCUT2D eigenvalue weighted by molar-refractivity contribution is -0.173. The van der Waals surface area contributed by atoms with Crippen molar-refractivity contribution in [3.05, 3.63) is 101 Å². The van der Waals surface area contributed by atoms with Crippen molar-refractivity contribution in [1.82, 2.24) is 0 Å². The van der Waals surface area contributed by atoms with Crippen LogP contribution in [0.1, 0.15) is 80.3 Å². The van der Waals surface area contributed by atoms with Gasteiger partial charge in [-0.1, -0.05) is 85.3 Å². The highest BCUT2D eigenvalue weighted by molar-refractivity contribution is 7.98. The molecule has 2 aliphatic rings. The fourth-order valence-electron chi connectivity index (χ4n) is 5.98. The van der Waals surface area contributed by atoms with Crippen molar-refractivity contribution in [2.45, 2.75) is 74.3 Å². The Kier molecular flexibility index (Phi) is 8.40. The molecule has 5 atom stereocenters. The van der Waals surface area contributed by atoms with Gasteiger partial charge in [0.2, 0.25) is 0 Å². The molecule has 5 heteroatoms. The van der Waals surface area contributed by atoms with Crippen LogP contribution in [0.2, 0.25) is 5.02 Å². The summed E-state index contributed by atoms with van der Waals surface area (Å²) in [6.45, 7) is 2.07. The summed E-state index contributed by atoms with van der Waals surface area (Å²) in [4.78, 5) is 14.3. The summed E-state index contributed by atoms with van der Waals surface area (Å²) in [6.07, 6.45) is 6.57. The van der Waals surface area contributed by atoms with E-state index in [2.05, 4.69) is 61.5 Å². The number of ketones is 1. The molecule has 194 valence electrons. The van der Waals surface area contributed by atoms with E-state index < -0.39 is 5.79 Å². The third-order valence-electron chi connectivity index (χ3n) is 7.78. The van der Waals surface area contributed by atoms with E-state index in [9.17, 15) is 4.79 Å². The van der Waals surface area contributed by atoms with Crippen molar-refractivity contribution in [3.8, 4) is 0 Å². The van der Waals surface area contributed by atoms with Gasteiger partial charge in [0.05, 0.1) is 5.02 Å². The average Bonchev–Trinajstić information content (AvgIpc) is 3.51. The largest absolute Gasteiger partial charge is 0.339 e. The minimum atomic E-state index is -0.621. The maximum absolute atomic E-state index is 13.3. The van der Waals surface area contributed by atoms with Gasteiger partial charge >= 0.3 is 0 Å². The zero-order chi connectivity index (χ0) is 25.8. The Hall–Kier alpha value is -2.11. The van der Waals surface area contributed by atoms with E-state index in [0.717, 1.165) is 58.7 Å². The molecule has 5 rings (SSSR count). The van der Waals surface area contributed by atoms with E-state index in [0.29, 0.717) is 18.1 Å². The second kappa shape index (κ2) is 11.7. The molecule has 0 amide bonds. The first kappa shape index (κ1) is 26.5. The van der Waals surface area contributed by atoms with Crippen molar-refractivity contribution in [3.63, 3.8) is 0 Å². The van der Waals surface area contributed by atoms with E-state index in [4.69, 9.17) is 21.1 Å². The summed E-state index contributed by atoms with van der Waals surface area (Å²) in [5, 5.41) is 0.723. The number of halogens is 1. The molecular formula is C32H35ClO3S. The van der Waals surface area contributed by atoms with E-state index in [1.54, 1.807) is 11.8 Å². The van der Waals surface area contributed by atoms with Gasteiger partial charge in [-0.05, 0) is 60.3 Å². The maximum atomic E-state index is 13.3. The number of benzene rings is 3. The van der Waals surface area contributed by atoms with Crippen LogP contribution >= 0.6 is 23.4 Å². The molecule has 3 aromatic carbocycles. The predicted octanol–water partition coefficient (Wildman–Crippen LogP) is 8.93. The second-order valence-electron chi connectivity index (χ2n) is 10.3. The van der Waals surface area contributed by atoms with Gasteiger partial charge in [0.15, 0.2) is 5.79 Å². The molecule has 4 unspecified atom stereocenters. The highest BCUT2D eigenvalue weighted by Crippen LogP contribution is 2.55. The fraction of sp³-hybridized carbons (Fsp3) is 0.406. The molecule has 1 heterocycles. The first-order chi connectivity index (χ1) is 18.0. The molecule has 3 nitrogen and oxygen atoms in total. The zero-order valence-electron chi connectivity index (χ0n) is 21.6. The third kappa shape index (κ3) is 5.83. The minimum absolute atomic E-state index is 0.148. The molecule has 1 aliphatic carbocycles. The van der Waals surface area contributed by atoms with Crippen molar-refractivity contribution in [2.75, 3.05) is 6.26 Å². The second-order valence-corrected chi connectivity index (χ2v) is 11.6. The number of hydrogen-bond acceptors (Lipinski definition) is 4. The van der Waals surface area contributed by atoms with E-state index in [1.807, 2.05) is 30.5 Å². The Labute approximate surface area is 229 Å². The summed E-state index contributed by atoms with van der Waals surface area (Å²) in [7, 11) is 0. The minimum Gasteiger partial charge on any atom is -0.339 e. The van der Waals surface area contributed by atoms with Gasteiger partial charge in [-0.2, -0.15) is 0 Å². The number of rotatable bonds is 9. The van der Waals surface area contributed by atoms with Crippen molar-refractivity contribution in [2.24, 2.45) is 5.92 Å². The van der Waals surface area contributed by atoms with Crippen LogP contribution in [0.4, 0.5) is 0 Å². The first-order valence-corrected chi connectivity index (χ1v) is 14.9. The molecule has 1 spiro atoms. The van der Waals surface area contributed by atoms with Gasteiger partial charge in [-0.15, -0.1) is 11.8 Å². The van der Waals surface area contributed by atoms with Crippen LogP contribution in [0.15, 0.2) is 83.8 Å². The monoisotopic (exact) mass is 534 g/mol. The van der Waals surface area contributed by atoms with Crippen molar-refractivity contribution < 1.29 is 14.3 Å². The van der Waals surface area contributed by atoms with Crippen LogP contribution in [-0.2, 0) is 14.3 Å². The number of hydrogen-bond donors (Lipinski definition) is 0. The quantitative estimate of drug-likeness (QED) is 0.257. The Balaban J connectivity index is 1.37. The van der Waals surface area contributed by atoms with E-state index in [1.165, 1.54) is 0 Å². The average molecular weight is 535 g/mol. The highest BCUT2D eigenvalue weighted by Gasteiger charge is 2.52. The molecule has 0 aromatic heterocycles. The normalized spacial score (nSPS) is 26.0. The lowest BCUT2D eigenvalue weighted by Gasteiger charge is -2.25. The first-order valence-electron chi connectivity index (χ1n) is 13.3. The molecule has 37 heavy (non-hydrogen) atoms. The lowest BCUT2D eigenvalue weighted by Crippen LogP contribution is -2.27. The SMILES string of the molecule is CCCC(=O)C(CC1CCC2(C1)OC(c1ccccc1)[C@@H](c1ccccc1)O2)c1ccc(SC)c(Cl)c1. The molecule has 2 fully saturated rings. The van der Waals surface area contributed by atoms with Crippen LogP contribution in [0, 0.1) is 5.92 Å². The Morgan fingerprint density at radius 1 is 1.00 bits per heavy atom. The van der Waals surface area contributed by atoms with Gasteiger partial charge in [0.25, 0.3) is 0 Å². The fourth-order valence-corrected chi connectivity index (χ4v) is 6.85. The number of thioether (sulfide) groups is 1. The van der Waals surface area contributed by atoms with Crippen LogP contribution in [0.5, 0.6) is 0 Å². The summed E-state index contributed by atoms with van der Waals surface area (Å²) in [5.41, 5.74) is 3.30. The number of carbonyl (C=O) groups excluding carboxylic acids is 1. The van der Waals surface area contributed by atoms with Crippen LogP contribution in [0.25, 0.3) is 0 Å². The van der Waals surface area contributed by atoms with Gasteiger partial charge in [-0.3, -0.25) is 4.79 Å². The van der Waals surface area contributed by atoms with Crippen LogP contribution < -0.4 is 0 Å².